The number of carbonyl (C=O) groups is 1. The highest BCUT2D eigenvalue weighted by atomic mass is 35.5. The first-order valence-corrected chi connectivity index (χ1v) is 11.1. The summed E-state index contributed by atoms with van der Waals surface area (Å²) in [7, 11) is 1.64. The smallest absolute Gasteiger partial charge is 0.238 e. The van der Waals surface area contributed by atoms with Crippen LogP contribution in [0.1, 0.15) is 11.3 Å². The van der Waals surface area contributed by atoms with Gasteiger partial charge >= 0.3 is 0 Å². The summed E-state index contributed by atoms with van der Waals surface area (Å²) >= 11 is 6.10. The van der Waals surface area contributed by atoms with Crippen LogP contribution < -0.4 is 15.5 Å². The Kier molecular flexibility index (Phi) is 5.78. The van der Waals surface area contributed by atoms with Crippen LogP contribution in [-0.4, -0.2) is 60.9 Å². The SMILES string of the molecule is CNC(=O)[C@@H]1CN(c2cnc3ccc(C4=CCN=C4c4cc(Cl)ccc4F)nc3c2)CCN1. The summed E-state index contributed by atoms with van der Waals surface area (Å²) in [6.45, 7) is 2.46. The number of nitrogens with zero attached hydrogens (tertiary/aromatic N) is 4. The van der Waals surface area contributed by atoms with Crippen molar-refractivity contribution in [1.29, 1.82) is 0 Å². The molecule has 0 aliphatic carbocycles. The van der Waals surface area contributed by atoms with Crippen molar-refractivity contribution < 1.29 is 9.18 Å². The molecule has 1 amide bonds. The molecule has 1 fully saturated rings. The highest BCUT2D eigenvalue weighted by Crippen LogP contribution is 2.28. The van der Waals surface area contributed by atoms with E-state index in [-0.39, 0.29) is 17.8 Å². The molecule has 2 N–H and O–H groups in total. The number of aromatic nitrogens is 2. The van der Waals surface area contributed by atoms with Crippen LogP contribution in [0.3, 0.4) is 0 Å². The van der Waals surface area contributed by atoms with Gasteiger partial charge in [0, 0.05) is 42.8 Å². The van der Waals surface area contributed by atoms with Gasteiger partial charge in [-0.2, -0.15) is 0 Å². The fourth-order valence-electron chi connectivity index (χ4n) is 4.20. The van der Waals surface area contributed by atoms with Crippen molar-refractivity contribution in [3.05, 3.63) is 70.8 Å². The number of carbonyl (C=O) groups excluding carboxylic acids is 1. The van der Waals surface area contributed by atoms with Crippen molar-refractivity contribution in [3.63, 3.8) is 0 Å². The van der Waals surface area contributed by atoms with Gasteiger partial charge in [0.25, 0.3) is 0 Å². The van der Waals surface area contributed by atoms with Crippen molar-refractivity contribution in [2.45, 2.75) is 6.04 Å². The second-order valence-electron chi connectivity index (χ2n) is 7.93. The Morgan fingerprint density at radius 1 is 1.24 bits per heavy atom. The number of halogens is 2. The number of anilines is 1. The van der Waals surface area contributed by atoms with E-state index in [0.717, 1.165) is 28.8 Å². The summed E-state index contributed by atoms with van der Waals surface area (Å²) in [6.07, 6.45) is 3.74. The minimum Gasteiger partial charge on any atom is -0.367 e. The molecule has 3 aromatic rings. The Hall–Kier alpha value is -3.36. The molecule has 9 heteroatoms. The summed E-state index contributed by atoms with van der Waals surface area (Å²) in [4.78, 5) is 28.1. The Labute approximate surface area is 195 Å². The van der Waals surface area contributed by atoms with Crippen LogP contribution in [0.4, 0.5) is 10.1 Å². The molecule has 0 spiro atoms. The molecule has 1 atom stereocenters. The topological polar surface area (TPSA) is 82.5 Å². The fraction of sp³-hybridized carbons (Fsp3) is 0.250. The third kappa shape index (κ3) is 4.19. The monoisotopic (exact) mass is 464 g/mol. The molecule has 0 unspecified atom stereocenters. The summed E-state index contributed by atoms with van der Waals surface area (Å²) in [5, 5.41) is 6.37. The van der Waals surface area contributed by atoms with Gasteiger partial charge in [-0.1, -0.05) is 17.7 Å². The fourth-order valence-corrected chi connectivity index (χ4v) is 4.37. The maximum absolute atomic E-state index is 14.5. The van der Waals surface area contributed by atoms with Gasteiger partial charge in [-0.05, 0) is 36.4 Å². The molecule has 1 aromatic carbocycles. The number of benzene rings is 1. The summed E-state index contributed by atoms with van der Waals surface area (Å²) < 4.78 is 14.5. The molecule has 0 radical (unpaired) electrons. The van der Waals surface area contributed by atoms with Crippen LogP contribution in [0.15, 0.2) is 53.7 Å². The number of amides is 1. The van der Waals surface area contributed by atoms with E-state index in [1.165, 1.54) is 12.1 Å². The van der Waals surface area contributed by atoms with E-state index in [1.807, 2.05) is 24.3 Å². The number of fused-ring (bicyclic) bond motifs is 1. The third-order valence-electron chi connectivity index (χ3n) is 5.89. The number of rotatable bonds is 4. The summed E-state index contributed by atoms with van der Waals surface area (Å²) in [5.74, 6) is -0.415. The number of allylic oxidation sites excluding steroid dienone is 1. The van der Waals surface area contributed by atoms with E-state index in [0.29, 0.717) is 41.6 Å². The molecule has 2 aliphatic heterocycles. The number of pyridine rings is 2. The molecule has 7 nitrogen and oxygen atoms in total. The van der Waals surface area contributed by atoms with Crippen molar-refractivity contribution in [2.75, 3.05) is 38.1 Å². The van der Waals surface area contributed by atoms with Gasteiger partial charge in [-0.25, -0.2) is 9.37 Å². The normalized spacial score (nSPS) is 18.3. The van der Waals surface area contributed by atoms with Gasteiger partial charge in [0.15, 0.2) is 0 Å². The summed E-state index contributed by atoms with van der Waals surface area (Å²) in [5.41, 5.74) is 4.75. The first-order valence-electron chi connectivity index (χ1n) is 10.7. The molecule has 0 bridgehead atoms. The molecular weight excluding hydrogens is 443 g/mol. The molecule has 2 aliphatic rings. The maximum atomic E-state index is 14.5. The van der Waals surface area contributed by atoms with Crippen LogP contribution in [-0.2, 0) is 4.79 Å². The number of aliphatic imine (C=N–C) groups is 1. The molecule has 4 heterocycles. The van der Waals surface area contributed by atoms with Gasteiger partial charge in [0.2, 0.25) is 5.91 Å². The molecule has 33 heavy (non-hydrogen) atoms. The Morgan fingerprint density at radius 2 is 2.12 bits per heavy atom. The molecule has 1 saturated heterocycles. The largest absolute Gasteiger partial charge is 0.367 e. The van der Waals surface area contributed by atoms with E-state index in [1.54, 1.807) is 19.3 Å². The minimum atomic E-state index is -0.375. The number of nitrogens with one attached hydrogen (secondary N) is 2. The molecule has 168 valence electrons. The number of hydrogen-bond acceptors (Lipinski definition) is 6. The van der Waals surface area contributed by atoms with E-state index in [4.69, 9.17) is 16.6 Å². The molecule has 2 aromatic heterocycles. The van der Waals surface area contributed by atoms with E-state index < -0.39 is 0 Å². The van der Waals surface area contributed by atoms with Crippen molar-refractivity contribution in [3.8, 4) is 0 Å². The van der Waals surface area contributed by atoms with Gasteiger partial charge in [0.05, 0.1) is 40.9 Å². The zero-order chi connectivity index (χ0) is 22.9. The van der Waals surface area contributed by atoms with E-state index >= 15 is 0 Å². The lowest BCUT2D eigenvalue weighted by Gasteiger charge is -2.34. The second kappa shape index (κ2) is 8.88. The molecule has 0 saturated carbocycles. The first-order chi connectivity index (χ1) is 16.0. The van der Waals surface area contributed by atoms with Gasteiger partial charge in [-0.15, -0.1) is 0 Å². The van der Waals surface area contributed by atoms with E-state index in [2.05, 4.69) is 25.5 Å². The quantitative estimate of drug-likeness (QED) is 0.620. The lowest BCUT2D eigenvalue weighted by Crippen LogP contribution is -2.56. The average molecular weight is 465 g/mol. The van der Waals surface area contributed by atoms with Crippen LogP contribution in [0.5, 0.6) is 0 Å². The van der Waals surface area contributed by atoms with Crippen molar-refractivity contribution >= 4 is 45.5 Å². The first kappa shape index (κ1) is 21.5. The van der Waals surface area contributed by atoms with Gasteiger partial charge in [0.1, 0.15) is 11.9 Å². The predicted octanol–water partition coefficient (Wildman–Crippen LogP) is 2.83. The zero-order valence-corrected chi connectivity index (χ0v) is 18.7. The van der Waals surface area contributed by atoms with Crippen LogP contribution in [0, 0.1) is 5.82 Å². The van der Waals surface area contributed by atoms with E-state index in [9.17, 15) is 9.18 Å². The maximum Gasteiger partial charge on any atom is 0.238 e. The predicted molar refractivity (Wildman–Crippen MR) is 128 cm³/mol. The van der Waals surface area contributed by atoms with Crippen LogP contribution >= 0.6 is 11.6 Å². The lowest BCUT2D eigenvalue weighted by atomic mass is 9.99. The zero-order valence-electron chi connectivity index (χ0n) is 18.0. The summed E-state index contributed by atoms with van der Waals surface area (Å²) in [6, 6.07) is 9.92. The Morgan fingerprint density at radius 3 is 2.97 bits per heavy atom. The van der Waals surface area contributed by atoms with Crippen molar-refractivity contribution in [1.82, 2.24) is 20.6 Å². The lowest BCUT2D eigenvalue weighted by molar-refractivity contribution is -0.122. The Balaban J connectivity index is 1.47. The molecule has 5 rings (SSSR count). The van der Waals surface area contributed by atoms with Crippen LogP contribution in [0.25, 0.3) is 16.6 Å². The highest BCUT2D eigenvalue weighted by molar-refractivity contribution is 6.35. The van der Waals surface area contributed by atoms with Crippen LogP contribution in [0.2, 0.25) is 5.02 Å². The number of piperazine rings is 1. The minimum absolute atomic E-state index is 0.0397. The van der Waals surface area contributed by atoms with Crippen molar-refractivity contribution in [2.24, 2.45) is 4.99 Å². The molecular formula is C24H22ClFN6O. The number of likely N-dealkylation sites (N-methyl/N-ethyl adjacent to an activating group) is 1. The second-order valence-corrected chi connectivity index (χ2v) is 8.36. The Bertz CT molecular complexity index is 1310. The average Bonchev–Trinajstić information content (AvgIpc) is 3.34. The standard InChI is InChI=1S/C24H22ClFN6O/c1-27-24(33)22-13-32(9-8-28-22)15-11-21-20(30-12-15)5-4-19(31-21)16-6-7-29-23(16)17-10-14(25)2-3-18(17)26/h2-6,10-12,22,28H,7-9,13H2,1H3,(H,27,33)/t22-/m0/s1. The highest BCUT2D eigenvalue weighted by Gasteiger charge is 2.25. The third-order valence-corrected chi connectivity index (χ3v) is 6.12. The van der Waals surface area contributed by atoms with Gasteiger partial charge in [-0.3, -0.25) is 14.8 Å². The van der Waals surface area contributed by atoms with Gasteiger partial charge < -0.3 is 15.5 Å². The number of hydrogen-bond donors (Lipinski definition) is 2.